The van der Waals surface area contributed by atoms with E-state index in [-0.39, 0.29) is 5.54 Å². The lowest BCUT2D eigenvalue weighted by atomic mass is 10.0. The van der Waals surface area contributed by atoms with E-state index >= 15 is 0 Å². The van der Waals surface area contributed by atoms with E-state index in [4.69, 9.17) is 10.5 Å². The molecule has 0 aromatic carbocycles. The van der Waals surface area contributed by atoms with Gasteiger partial charge in [0.2, 0.25) is 0 Å². The molecule has 3 nitrogen and oxygen atoms in total. The summed E-state index contributed by atoms with van der Waals surface area (Å²) in [5, 5.41) is 0. The molecule has 0 amide bonds. The fourth-order valence-corrected chi connectivity index (χ4v) is 1.33. The van der Waals surface area contributed by atoms with Gasteiger partial charge in [-0.25, -0.2) is 0 Å². The van der Waals surface area contributed by atoms with E-state index in [2.05, 4.69) is 11.9 Å². The number of thiazole rings is 1. The summed E-state index contributed by atoms with van der Waals surface area (Å²) in [6.07, 6.45) is 2.75. The van der Waals surface area contributed by atoms with Crippen molar-refractivity contribution in [1.82, 2.24) is 4.98 Å². The molecule has 13 heavy (non-hydrogen) atoms. The first-order valence-corrected chi connectivity index (χ1v) is 5.26. The molecule has 2 N–H and O–H groups in total. The van der Waals surface area contributed by atoms with E-state index in [1.165, 1.54) is 0 Å². The molecule has 1 unspecified atom stereocenters. The average Bonchev–Trinajstić information content (AvgIpc) is 2.57. The highest BCUT2D eigenvalue weighted by Crippen LogP contribution is 2.10. The standard InChI is InChI=1S/C9H16N2OS/c1-3-9(2,10)6-12-5-8-4-11-7-13-8/h4,7H,3,5-6,10H2,1-2H3. The molecule has 1 aromatic heterocycles. The molecule has 4 heteroatoms. The maximum atomic E-state index is 5.92. The van der Waals surface area contributed by atoms with Gasteiger partial charge in [-0.2, -0.15) is 0 Å². The van der Waals surface area contributed by atoms with Crippen molar-refractivity contribution in [1.29, 1.82) is 0 Å². The molecule has 0 aliphatic rings. The molecule has 0 saturated heterocycles. The van der Waals surface area contributed by atoms with Crippen LogP contribution in [0, 0.1) is 0 Å². The molecule has 0 aliphatic carbocycles. The second-order valence-corrected chi connectivity index (χ2v) is 4.44. The molecule has 1 heterocycles. The molecule has 1 aromatic rings. The number of hydrogen-bond acceptors (Lipinski definition) is 4. The van der Waals surface area contributed by atoms with Crippen molar-refractivity contribution in [2.45, 2.75) is 32.4 Å². The summed E-state index contributed by atoms with van der Waals surface area (Å²) in [4.78, 5) is 5.11. The summed E-state index contributed by atoms with van der Waals surface area (Å²) in [7, 11) is 0. The normalized spacial score (nSPS) is 15.6. The Bertz CT molecular complexity index is 234. The van der Waals surface area contributed by atoms with Crippen molar-refractivity contribution in [3.05, 3.63) is 16.6 Å². The van der Waals surface area contributed by atoms with Crippen LogP contribution in [0.2, 0.25) is 0 Å². The summed E-state index contributed by atoms with van der Waals surface area (Å²) >= 11 is 1.60. The van der Waals surface area contributed by atoms with E-state index in [9.17, 15) is 0 Å². The van der Waals surface area contributed by atoms with Gasteiger partial charge in [-0.05, 0) is 13.3 Å². The molecule has 1 atom stereocenters. The van der Waals surface area contributed by atoms with E-state index in [0.29, 0.717) is 13.2 Å². The highest BCUT2D eigenvalue weighted by atomic mass is 32.1. The lowest BCUT2D eigenvalue weighted by Crippen LogP contribution is -2.40. The van der Waals surface area contributed by atoms with E-state index in [0.717, 1.165) is 11.3 Å². The zero-order valence-corrected chi connectivity index (χ0v) is 8.93. The lowest BCUT2D eigenvalue weighted by molar-refractivity contribution is 0.0793. The van der Waals surface area contributed by atoms with Crippen LogP contribution in [0.3, 0.4) is 0 Å². The topological polar surface area (TPSA) is 48.1 Å². The Kier molecular flexibility index (Phi) is 3.84. The lowest BCUT2D eigenvalue weighted by Gasteiger charge is -2.21. The summed E-state index contributed by atoms with van der Waals surface area (Å²) in [6.45, 7) is 5.29. The number of hydrogen-bond donors (Lipinski definition) is 1. The molecule has 1 rings (SSSR count). The van der Waals surface area contributed by atoms with Crippen LogP contribution in [0.1, 0.15) is 25.1 Å². The fourth-order valence-electron chi connectivity index (χ4n) is 0.800. The average molecular weight is 200 g/mol. The maximum Gasteiger partial charge on any atom is 0.0826 e. The zero-order valence-electron chi connectivity index (χ0n) is 8.12. The molecule has 0 bridgehead atoms. The third kappa shape index (κ3) is 3.85. The Morgan fingerprint density at radius 3 is 3.00 bits per heavy atom. The van der Waals surface area contributed by atoms with Gasteiger partial charge in [-0.3, -0.25) is 4.98 Å². The highest BCUT2D eigenvalue weighted by Gasteiger charge is 2.15. The van der Waals surface area contributed by atoms with Gasteiger partial charge in [0.1, 0.15) is 0 Å². The van der Waals surface area contributed by atoms with Crippen molar-refractivity contribution >= 4 is 11.3 Å². The van der Waals surface area contributed by atoms with E-state index in [1.54, 1.807) is 16.8 Å². The smallest absolute Gasteiger partial charge is 0.0826 e. The number of aromatic nitrogens is 1. The van der Waals surface area contributed by atoms with Gasteiger partial charge < -0.3 is 10.5 Å². The molecular weight excluding hydrogens is 184 g/mol. The van der Waals surface area contributed by atoms with Crippen LogP contribution < -0.4 is 5.73 Å². The number of ether oxygens (including phenoxy) is 1. The largest absolute Gasteiger partial charge is 0.374 e. The Hall–Kier alpha value is -0.450. The molecule has 74 valence electrons. The second-order valence-electron chi connectivity index (χ2n) is 3.47. The molecule has 0 radical (unpaired) electrons. The maximum absolute atomic E-state index is 5.92. The molecule has 0 fully saturated rings. The predicted octanol–water partition coefficient (Wildman–Crippen LogP) is 1.79. The van der Waals surface area contributed by atoms with Gasteiger partial charge in [0.05, 0.1) is 23.6 Å². The van der Waals surface area contributed by atoms with Crippen molar-refractivity contribution in [3.63, 3.8) is 0 Å². The van der Waals surface area contributed by atoms with Crippen molar-refractivity contribution < 1.29 is 4.74 Å². The summed E-state index contributed by atoms with van der Waals surface area (Å²) in [5.74, 6) is 0. The van der Waals surface area contributed by atoms with Crippen LogP contribution in [0.5, 0.6) is 0 Å². The zero-order chi connectivity index (χ0) is 9.73. The van der Waals surface area contributed by atoms with Gasteiger partial charge in [0.25, 0.3) is 0 Å². The van der Waals surface area contributed by atoms with Crippen LogP contribution >= 0.6 is 11.3 Å². The van der Waals surface area contributed by atoms with Crippen molar-refractivity contribution in [2.75, 3.05) is 6.61 Å². The summed E-state index contributed by atoms with van der Waals surface area (Å²) in [6, 6.07) is 0. The predicted molar refractivity (Wildman–Crippen MR) is 54.7 cm³/mol. The van der Waals surface area contributed by atoms with Gasteiger partial charge >= 0.3 is 0 Å². The van der Waals surface area contributed by atoms with Crippen LogP contribution in [0.15, 0.2) is 11.7 Å². The minimum atomic E-state index is -0.204. The fraction of sp³-hybridized carbons (Fsp3) is 0.667. The van der Waals surface area contributed by atoms with Crippen molar-refractivity contribution in [3.8, 4) is 0 Å². The van der Waals surface area contributed by atoms with Crippen LogP contribution in [-0.4, -0.2) is 17.1 Å². The molecule has 0 spiro atoms. The number of nitrogens with zero attached hydrogens (tertiary/aromatic N) is 1. The van der Waals surface area contributed by atoms with E-state index in [1.807, 2.05) is 13.1 Å². The van der Waals surface area contributed by atoms with Gasteiger partial charge in [-0.15, -0.1) is 11.3 Å². The first-order valence-electron chi connectivity index (χ1n) is 4.38. The SMILES string of the molecule is CCC(C)(N)COCc1cncs1. The second kappa shape index (κ2) is 4.69. The Morgan fingerprint density at radius 2 is 2.46 bits per heavy atom. The Morgan fingerprint density at radius 1 is 1.69 bits per heavy atom. The van der Waals surface area contributed by atoms with Crippen LogP contribution in [0.4, 0.5) is 0 Å². The summed E-state index contributed by atoms with van der Waals surface area (Å²) < 4.78 is 5.48. The Balaban J connectivity index is 2.21. The molecule has 0 aliphatic heterocycles. The van der Waals surface area contributed by atoms with Gasteiger partial charge in [0.15, 0.2) is 0 Å². The summed E-state index contributed by atoms with van der Waals surface area (Å²) in [5.41, 5.74) is 7.52. The first kappa shape index (κ1) is 10.6. The first-order chi connectivity index (χ1) is 6.14. The van der Waals surface area contributed by atoms with Crippen LogP contribution in [-0.2, 0) is 11.3 Å². The number of nitrogens with two attached hydrogens (primary N) is 1. The number of rotatable bonds is 5. The minimum Gasteiger partial charge on any atom is -0.374 e. The molecular formula is C9H16N2OS. The van der Waals surface area contributed by atoms with Crippen molar-refractivity contribution in [2.24, 2.45) is 5.73 Å². The van der Waals surface area contributed by atoms with Crippen LogP contribution in [0.25, 0.3) is 0 Å². The quantitative estimate of drug-likeness (QED) is 0.788. The van der Waals surface area contributed by atoms with Gasteiger partial charge in [-0.1, -0.05) is 6.92 Å². The monoisotopic (exact) mass is 200 g/mol. The molecule has 0 saturated carbocycles. The minimum absolute atomic E-state index is 0.204. The third-order valence-electron chi connectivity index (χ3n) is 1.97. The van der Waals surface area contributed by atoms with Gasteiger partial charge in [0, 0.05) is 11.7 Å². The third-order valence-corrected chi connectivity index (χ3v) is 2.72. The Labute approximate surface area is 82.9 Å². The van der Waals surface area contributed by atoms with E-state index < -0.39 is 0 Å². The highest BCUT2D eigenvalue weighted by molar-refractivity contribution is 7.09.